The summed E-state index contributed by atoms with van der Waals surface area (Å²) in [4.78, 5) is 36.1. The normalized spacial score (nSPS) is 10.1. The van der Waals surface area contributed by atoms with E-state index < -0.39 is 11.0 Å². The van der Waals surface area contributed by atoms with Gasteiger partial charge in [0.25, 0.3) is 5.69 Å². The Morgan fingerprint density at radius 2 is 1.82 bits per heavy atom. The van der Waals surface area contributed by atoms with E-state index in [2.05, 4.69) is 10.6 Å². The number of nitro benzene ring substituents is 1. The van der Waals surface area contributed by atoms with Gasteiger partial charge < -0.3 is 20.3 Å². The molecule has 9 nitrogen and oxygen atoms in total. The van der Waals surface area contributed by atoms with Crippen LogP contribution in [0.2, 0.25) is 0 Å². The Kier molecular flexibility index (Phi) is 7.32. The van der Waals surface area contributed by atoms with E-state index in [1.807, 2.05) is 0 Å². The zero-order valence-corrected chi connectivity index (χ0v) is 15.7. The third kappa shape index (κ3) is 5.97. The molecule has 0 aliphatic carbocycles. The summed E-state index contributed by atoms with van der Waals surface area (Å²) >= 11 is 0. The quantitative estimate of drug-likeness (QED) is 0.535. The first-order chi connectivity index (χ1) is 13.4. The van der Waals surface area contributed by atoms with Gasteiger partial charge in [0.15, 0.2) is 0 Å². The molecule has 2 aromatic rings. The van der Waals surface area contributed by atoms with Crippen molar-refractivity contribution in [2.45, 2.75) is 13.0 Å². The molecule has 0 heterocycles. The van der Waals surface area contributed by atoms with Gasteiger partial charge in [0.1, 0.15) is 5.75 Å². The molecule has 9 heteroatoms. The molecule has 0 unspecified atom stereocenters. The van der Waals surface area contributed by atoms with Gasteiger partial charge in [-0.2, -0.15) is 0 Å². The largest absolute Gasteiger partial charge is 0.497 e. The summed E-state index contributed by atoms with van der Waals surface area (Å²) in [6.45, 7) is 0.260. The standard InChI is InChI=1S/C19H22N4O5/c1-22(13-14-5-3-4-6-17(14)23(26)27)18(24)11-12-20-19(25)21-15-7-9-16(28-2)10-8-15/h3-10H,11-13H2,1-2H3,(H2,20,21,25). The zero-order chi connectivity index (χ0) is 20.5. The molecule has 0 aromatic heterocycles. The maximum absolute atomic E-state index is 12.2. The van der Waals surface area contributed by atoms with Crippen LogP contribution >= 0.6 is 0 Å². The number of methoxy groups -OCH3 is 1. The number of carbonyl (C=O) groups is 2. The average molecular weight is 386 g/mol. The highest BCUT2D eigenvalue weighted by Gasteiger charge is 2.16. The van der Waals surface area contributed by atoms with E-state index in [1.54, 1.807) is 56.6 Å². The van der Waals surface area contributed by atoms with Crippen molar-refractivity contribution in [2.24, 2.45) is 0 Å². The first-order valence-electron chi connectivity index (χ1n) is 8.56. The second kappa shape index (κ2) is 9.91. The lowest BCUT2D eigenvalue weighted by molar-refractivity contribution is -0.385. The van der Waals surface area contributed by atoms with Crippen LogP contribution in [0.5, 0.6) is 5.75 Å². The van der Waals surface area contributed by atoms with Crippen molar-refractivity contribution >= 4 is 23.3 Å². The van der Waals surface area contributed by atoms with Gasteiger partial charge in [0.05, 0.1) is 18.6 Å². The molecule has 28 heavy (non-hydrogen) atoms. The third-order valence-electron chi connectivity index (χ3n) is 3.99. The molecule has 0 atom stereocenters. The first kappa shape index (κ1) is 20.7. The molecular weight excluding hydrogens is 364 g/mol. The number of amides is 3. The highest BCUT2D eigenvalue weighted by Crippen LogP contribution is 2.19. The van der Waals surface area contributed by atoms with Gasteiger partial charge >= 0.3 is 6.03 Å². The second-order valence-electron chi connectivity index (χ2n) is 6.00. The zero-order valence-electron chi connectivity index (χ0n) is 15.7. The molecule has 0 saturated heterocycles. The van der Waals surface area contributed by atoms with Crippen molar-refractivity contribution in [3.8, 4) is 5.75 Å². The smallest absolute Gasteiger partial charge is 0.319 e. The Labute approximate surface area is 162 Å². The number of hydrogen-bond donors (Lipinski definition) is 2. The molecule has 0 bridgehead atoms. The number of benzene rings is 2. The second-order valence-corrected chi connectivity index (χ2v) is 6.00. The first-order valence-corrected chi connectivity index (χ1v) is 8.56. The Morgan fingerprint density at radius 1 is 1.14 bits per heavy atom. The molecular formula is C19H22N4O5. The van der Waals surface area contributed by atoms with Crippen LogP contribution in [0.15, 0.2) is 48.5 Å². The fourth-order valence-corrected chi connectivity index (χ4v) is 2.49. The molecule has 0 aliphatic heterocycles. The summed E-state index contributed by atoms with van der Waals surface area (Å²) in [6.07, 6.45) is 0.0766. The maximum Gasteiger partial charge on any atom is 0.319 e. The minimum Gasteiger partial charge on any atom is -0.497 e. The lowest BCUT2D eigenvalue weighted by Crippen LogP contribution is -2.34. The average Bonchev–Trinajstić information content (AvgIpc) is 2.68. The van der Waals surface area contributed by atoms with E-state index in [4.69, 9.17) is 4.74 Å². The number of urea groups is 1. The Bertz CT molecular complexity index is 838. The van der Waals surface area contributed by atoms with Crippen molar-refractivity contribution in [1.29, 1.82) is 0 Å². The third-order valence-corrected chi connectivity index (χ3v) is 3.99. The van der Waals surface area contributed by atoms with Crippen LogP contribution in [0.4, 0.5) is 16.2 Å². The van der Waals surface area contributed by atoms with Crippen LogP contribution in [0.25, 0.3) is 0 Å². The molecule has 0 fully saturated rings. The molecule has 3 amide bonds. The van der Waals surface area contributed by atoms with E-state index in [-0.39, 0.29) is 31.1 Å². The number of nitrogens with zero attached hydrogens (tertiary/aromatic N) is 2. The van der Waals surface area contributed by atoms with Crippen LogP contribution < -0.4 is 15.4 Å². The number of nitrogens with one attached hydrogen (secondary N) is 2. The number of nitro groups is 1. The summed E-state index contributed by atoms with van der Waals surface area (Å²) in [6, 6.07) is 12.7. The van der Waals surface area contributed by atoms with Crippen LogP contribution in [-0.4, -0.2) is 42.5 Å². The van der Waals surface area contributed by atoms with E-state index >= 15 is 0 Å². The predicted octanol–water partition coefficient (Wildman–Crippen LogP) is 2.77. The number of carbonyl (C=O) groups excluding carboxylic acids is 2. The highest BCUT2D eigenvalue weighted by atomic mass is 16.6. The Hall–Kier alpha value is -3.62. The maximum atomic E-state index is 12.2. The van der Waals surface area contributed by atoms with Crippen LogP contribution in [0.3, 0.4) is 0 Å². The van der Waals surface area contributed by atoms with Crippen LogP contribution in [0, 0.1) is 10.1 Å². The molecule has 0 radical (unpaired) electrons. The van der Waals surface area contributed by atoms with E-state index in [9.17, 15) is 19.7 Å². The molecule has 0 spiro atoms. The minimum absolute atomic E-state index is 0.0286. The molecule has 0 saturated carbocycles. The van der Waals surface area contributed by atoms with Crippen molar-refractivity contribution < 1.29 is 19.2 Å². The fraction of sp³-hybridized carbons (Fsp3) is 0.263. The van der Waals surface area contributed by atoms with Gasteiger partial charge in [-0.25, -0.2) is 4.79 Å². The Balaban J connectivity index is 1.78. The number of anilines is 1. The number of para-hydroxylation sites is 1. The molecule has 2 N–H and O–H groups in total. The molecule has 2 rings (SSSR count). The molecule has 0 aliphatic rings. The van der Waals surface area contributed by atoms with Gasteiger partial charge in [-0.05, 0) is 24.3 Å². The summed E-state index contributed by atoms with van der Waals surface area (Å²) < 4.78 is 5.04. The van der Waals surface area contributed by atoms with Crippen molar-refractivity contribution in [2.75, 3.05) is 26.0 Å². The van der Waals surface area contributed by atoms with Gasteiger partial charge in [0.2, 0.25) is 5.91 Å². The van der Waals surface area contributed by atoms with E-state index in [0.717, 1.165) is 0 Å². The highest BCUT2D eigenvalue weighted by molar-refractivity contribution is 5.89. The lowest BCUT2D eigenvalue weighted by Gasteiger charge is -2.17. The van der Waals surface area contributed by atoms with Gasteiger partial charge in [0, 0.05) is 37.3 Å². The Morgan fingerprint density at radius 3 is 2.46 bits per heavy atom. The van der Waals surface area contributed by atoms with Crippen molar-refractivity contribution in [1.82, 2.24) is 10.2 Å². The number of ether oxygens (including phenoxy) is 1. The monoisotopic (exact) mass is 386 g/mol. The van der Waals surface area contributed by atoms with Gasteiger partial charge in [-0.3, -0.25) is 14.9 Å². The van der Waals surface area contributed by atoms with E-state index in [1.165, 1.54) is 11.0 Å². The van der Waals surface area contributed by atoms with Crippen molar-refractivity contribution in [3.05, 3.63) is 64.2 Å². The van der Waals surface area contributed by atoms with Crippen LogP contribution in [-0.2, 0) is 11.3 Å². The molecule has 148 valence electrons. The van der Waals surface area contributed by atoms with Gasteiger partial charge in [-0.15, -0.1) is 0 Å². The van der Waals surface area contributed by atoms with E-state index in [0.29, 0.717) is 17.0 Å². The van der Waals surface area contributed by atoms with Crippen molar-refractivity contribution in [3.63, 3.8) is 0 Å². The van der Waals surface area contributed by atoms with Crippen LogP contribution in [0.1, 0.15) is 12.0 Å². The summed E-state index contributed by atoms with van der Waals surface area (Å²) in [5.41, 5.74) is 1.02. The lowest BCUT2D eigenvalue weighted by atomic mass is 10.1. The number of rotatable bonds is 8. The number of hydrogen-bond acceptors (Lipinski definition) is 5. The SMILES string of the molecule is COc1ccc(NC(=O)NCCC(=O)N(C)Cc2ccccc2[N+](=O)[O-])cc1. The topological polar surface area (TPSA) is 114 Å². The summed E-state index contributed by atoms with van der Waals surface area (Å²) in [5.74, 6) is 0.446. The fourth-order valence-electron chi connectivity index (χ4n) is 2.49. The predicted molar refractivity (Wildman–Crippen MR) is 104 cm³/mol. The summed E-state index contributed by atoms with van der Waals surface area (Å²) in [5, 5.41) is 16.3. The summed E-state index contributed by atoms with van der Waals surface area (Å²) in [7, 11) is 3.12. The molecule has 2 aromatic carbocycles. The van der Waals surface area contributed by atoms with Gasteiger partial charge in [-0.1, -0.05) is 18.2 Å². The minimum atomic E-state index is -0.474.